The molecule has 0 spiro atoms. The van der Waals surface area contributed by atoms with E-state index in [-0.39, 0.29) is 18.4 Å². The number of anilines is 1. The zero-order valence-corrected chi connectivity index (χ0v) is 17.6. The van der Waals surface area contributed by atoms with Gasteiger partial charge in [0.05, 0.1) is 12.2 Å². The van der Waals surface area contributed by atoms with Gasteiger partial charge in [-0.05, 0) is 60.2 Å². The van der Waals surface area contributed by atoms with Gasteiger partial charge in [0, 0.05) is 22.4 Å². The Labute approximate surface area is 183 Å². The lowest BCUT2D eigenvalue weighted by atomic mass is 10.2. The van der Waals surface area contributed by atoms with Crippen molar-refractivity contribution in [3.63, 3.8) is 0 Å². The molecule has 1 heterocycles. The molecule has 3 rings (SSSR count). The van der Waals surface area contributed by atoms with Crippen LogP contribution in [0.5, 0.6) is 5.75 Å². The Kier molecular flexibility index (Phi) is 7.74. The van der Waals surface area contributed by atoms with Gasteiger partial charge in [-0.2, -0.15) is 0 Å². The highest BCUT2D eigenvalue weighted by atomic mass is 79.9. The first kappa shape index (κ1) is 21.3. The van der Waals surface area contributed by atoms with E-state index in [0.717, 1.165) is 15.7 Å². The van der Waals surface area contributed by atoms with Crippen LogP contribution >= 0.6 is 15.9 Å². The number of carbonyl (C=O) groups is 2. The molecular formula is C23H20BrN3O3. The first-order valence-corrected chi connectivity index (χ1v) is 10.0. The third-order valence-corrected chi connectivity index (χ3v) is 4.50. The average Bonchev–Trinajstić information content (AvgIpc) is 2.78. The van der Waals surface area contributed by atoms with E-state index in [0.29, 0.717) is 18.0 Å². The van der Waals surface area contributed by atoms with Gasteiger partial charge < -0.3 is 15.4 Å². The number of nitrogens with zero attached hydrogens (tertiary/aromatic N) is 1. The molecular weight excluding hydrogens is 446 g/mol. The van der Waals surface area contributed by atoms with Crippen LogP contribution in [0.2, 0.25) is 0 Å². The highest BCUT2D eigenvalue weighted by Crippen LogP contribution is 2.15. The van der Waals surface area contributed by atoms with E-state index >= 15 is 0 Å². The molecule has 0 saturated carbocycles. The van der Waals surface area contributed by atoms with Crippen molar-refractivity contribution in [3.05, 3.63) is 94.7 Å². The summed E-state index contributed by atoms with van der Waals surface area (Å²) >= 11 is 3.33. The number of hydrogen-bond donors (Lipinski definition) is 2. The van der Waals surface area contributed by atoms with Gasteiger partial charge in [-0.3, -0.25) is 14.6 Å². The first-order chi connectivity index (χ1) is 14.6. The Morgan fingerprint density at radius 1 is 1.00 bits per heavy atom. The average molecular weight is 466 g/mol. The lowest BCUT2D eigenvalue weighted by molar-refractivity contribution is -0.121. The second-order valence-corrected chi connectivity index (χ2v) is 7.20. The van der Waals surface area contributed by atoms with Crippen LogP contribution in [0.3, 0.4) is 0 Å². The highest BCUT2D eigenvalue weighted by Gasteiger charge is 2.04. The molecule has 152 valence electrons. The third kappa shape index (κ3) is 7.18. The van der Waals surface area contributed by atoms with Crippen molar-refractivity contribution in [3.8, 4) is 5.75 Å². The quantitative estimate of drug-likeness (QED) is 0.488. The minimum atomic E-state index is -0.351. The van der Waals surface area contributed by atoms with E-state index < -0.39 is 0 Å². The summed E-state index contributed by atoms with van der Waals surface area (Å²) < 4.78 is 6.60. The summed E-state index contributed by atoms with van der Waals surface area (Å²) in [5.74, 6) is 0.0665. The zero-order chi connectivity index (χ0) is 21.2. The second kappa shape index (κ2) is 10.9. The number of carbonyl (C=O) groups excluding carboxylic acids is 2. The lowest BCUT2D eigenvalue weighted by Crippen LogP contribution is -2.31. The molecule has 6 nitrogen and oxygen atoms in total. The van der Waals surface area contributed by atoms with Crippen molar-refractivity contribution in [2.75, 3.05) is 11.9 Å². The Morgan fingerprint density at radius 3 is 2.47 bits per heavy atom. The predicted molar refractivity (Wildman–Crippen MR) is 120 cm³/mol. The van der Waals surface area contributed by atoms with Gasteiger partial charge >= 0.3 is 0 Å². The molecule has 0 aliphatic carbocycles. The van der Waals surface area contributed by atoms with E-state index in [4.69, 9.17) is 4.74 Å². The Bertz CT molecular complexity index is 1000. The Morgan fingerprint density at radius 2 is 1.77 bits per heavy atom. The number of benzene rings is 2. The maximum absolute atomic E-state index is 11.9. The normalized spacial score (nSPS) is 10.6. The summed E-state index contributed by atoms with van der Waals surface area (Å²) in [4.78, 5) is 28.0. The standard InChI is InChI=1S/C23H20BrN3O3/c24-18-7-9-19(10-8-18)27-23(29)15-26-22(28)13-6-17-4-11-21(12-5-17)30-16-20-3-1-2-14-25-20/h1-14H,15-16H2,(H,26,28)(H,27,29). The molecule has 30 heavy (non-hydrogen) atoms. The van der Waals surface area contributed by atoms with Crippen LogP contribution in [0, 0.1) is 0 Å². The van der Waals surface area contributed by atoms with Gasteiger partial charge in [-0.1, -0.05) is 34.1 Å². The Hall–Kier alpha value is -3.45. The lowest BCUT2D eigenvalue weighted by Gasteiger charge is -2.06. The summed E-state index contributed by atoms with van der Waals surface area (Å²) in [6.07, 6.45) is 4.78. The molecule has 3 aromatic rings. The second-order valence-electron chi connectivity index (χ2n) is 6.28. The summed E-state index contributed by atoms with van der Waals surface area (Å²) in [5, 5.41) is 5.27. The topological polar surface area (TPSA) is 80.3 Å². The zero-order valence-electron chi connectivity index (χ0n) is 16.0. The van der Waals surface area contributed by atoms with Crippen molar-refractivity contribution in [2.24, 2.45) is 0 Å². The maximum atomic E-state index is 11.9. The minimum Gasteiger partial charge on any atom is -0.487 e. The number of hydrogen-bond acceptors (Lipinski definition) is 4. The highest BCUT2D eigenvalue weighted by molar-refractivity contribution is 9.10. The van der Waals surface area contributed by atoms with Crippen LogP contribution in [0.15, 0.2) is 83.5 Å². The van der Waals surface area contributed by atoms with Crippen LogP contribution < -0.4 is 15.4 Å². The fourth-order valence-electron chi connectivity index (χ4n) is 2.45. The van der Waals surface area contributed by atoms with Gasteiger partial charge in [-0.25, -0.2) is 0 Å². The van der Waals surface area contributed by atoms with Crippen LogP contribution in [0.1, 0.15) is 11.3 Å². The molecule has 0 fully saturated rings. The minimum absolute atomic E-state index is 0.112. The number of aromatic nitrogens is 1. The first-order valence-electron chi connectivity index (χ1n) is 9.22. The van der Waals surface area contributed by atoms with Gasteiger partial charge in [-0.15, -0.1) is 0 Å². The van der Waals surface area contributed by atoms with E-state index in [9.17, 15) is 9.59 Å². The molecule has 0 aliphatic heterocycles. The van der Waals surface area contributed by atoms with Crippen LogP contribution in [0.4, 0.5) is 5.69 Å². The number of amides is 2. The fraction of sp³-hybridized carbons (Fsp3) is 0.0870. The molecule has 2 N–H and O–H groups in total. The summed E-state index contributed by atoms with van der Waals surface area (Å²) in [6, 6.07) is 20.2. The van der Waals surface area contributed by atoms with Gasteiger partial charge in [0.15, 0.2) is 0 Å². The largest absolute Gasteiger partial charge is 0.487 e. The number of nitrogens with one attached hydrogen (secondary N) is 2. The smallest absolute Gasteiger partial charge is 0.244 e. The molecule has 1 aromatic heterocycles. The summed E-state index contributed by atoms with van der Waals surface area (Å²) in [6.45, 7) is 0.278. The predicted octanol–water partition coefficient (Wildman–Crippen LogP) is 4.19. The molecule has 0 bridgehead atoms. The third-order valence-electron chi connectivity index (χ3n) is 3.97. The molecule has 2 amide bonds. The maximum Gasteiger partial charge on any atom is 0.244 e. The van der Waals surface area contributed by atoms with Gasteiger partial charge in [0.2, 0.25) is 11.8 Å². The SMILES string of the molecule is O=C(C=Cc1ccc(OCc2ccccn2)cc1)NCC(=O)Nc1ccc(Br)cc1. The molecule has 2 aromatic carbocycles. The van der Waals surface area contributed by atoms with Crippen molar-refractivity contribution in [2.45, 2.75) is 6.61 Å². The van der Waals surface area contributed by atoms with E-state index in [1.54, 1.807) is 24.4 Å². The van der Waals surface area contributed by atoms with Gasteiger partial charge in [0.25, 0.3) is 0 Å². The number of ether oxygens (including phenoxy) is 1. The van der Waals surface area contributed by atoms with Crippen LogP contribution in [-0.2, 0) is 16.2 Å². The van der Waals surface area contributed by atoms with Crippen molar-refractivity contribution in [1.82, 2.24) is 10.3 Å². The monoisotopic (exact) mass is 465 g/mol. The van der Waals surface area contributed by atoms with Crippen LogP contribution in [0.25, 0.3) is 6.08 Å². The number of rotatable bonds is 8. The van der Waals surface area contributed by atoms with E-state index in [1.807, 2.05) is 54.6 Å². The number of halogens is 1. The van der Waals surface area contributed by atoms with E-state index in [1.165, 1.54) is 6.08 Å². The molecule has 0 atom stereocenters. The van der Waals surface area contributed by atoms with Crippen molar-refractivity contribution < 1.29 is 14.3 Å². The van der Waals surface area contributed by atoms with Crippen molar-refractivity contribution >= 4 is 39.5 Å². The molecule has 0 saturated heterocycles. The molecule has 0 unspecified atom stereocenters. The molecule has 0 aliphatic rings. The molecule has 0 radical (unpaired) electrons. The van der Waals surface area contributed by atoms with E-state index in [2.05, 4.69) is 31.5 Å². The Balaban J connectivity index is 1.41. The molecule has 7 heteroatoms. The van der Waals surface area contributed by atoms with Crippen molar-refractivity contribution in [1.29, 1.82) is 0 Å². The number of pyridine rings is 1. The summed E-state index contributed by atoms with van der Waals surface area (Å²) in [7, 11) is 0. The van der Waals surface area contributed by atoms with Crippen LogP contribution in [-0.4, -0.2) is 23.3 Å². The summed E-state index contributed by atoms with van der Waals surface area (Å²) in [5.41, 5.74) is 2.36. The van der Waals surface area contributed by atoms with Gasteiger partial charge in [0.1, 0.15) is 12.4 Å². The fourth-order valence-corrected chi connectivity index (χ4v) is 2.72.